The Hall–Kier alpha value is -2.08. The van der Waals surface area contributed by atoms with Crippen molar-refractivity contribution in [2.45, 2.75) is 6.92 Å². The second kappa shape index (κ2) is 7.87. The molecule has 0 bridgehead atoms. The summed E-state index contributed by atoms with van der Waals surface area (Å²) in [6.07, 6.45) is 0. The predicted octanol–water partition coefficient (Wildman–Crippen LogP) is 5.77. The lowest BCUT2D eigenvalue weighted by atomic mass is 10.1. The standard InChI is InChI=1S/C18H14Cl2N2O2S/c1-2-24-16-6-4-3-5-12(16)15-10-25-18(21-15)22-17(23)11-7-8-13(19)14(20)9-11/h3-10H,2H2,1H3,(H,21,22,23). The summed E-state index contributed by atoms with van der Waals surface area (Å²) in [5.74, 6) is 0.468. The van der Waals surface area contributed by atoms with Gasteiger partial charge >= 0.3 is 0 Å². The number of aromatic nitrogens is 1. The molecule has 1 N–H and O–H groups in total. The van der Waals surface area contributed by atoms with E-state index in [1.165, 1.54) is 17.4 Å². The zero-order valence-electron chi connectivity index (χ0n) is 13.3. The maximum atomic E-state index is 12.3. The quantitative estimate of drug-likeness (QED) is 0.599. The van der Waals surface area contributed by atoms with E-state index in [0.29, 0.717) is 27.3 Å². The average molecular weight is 393 g/mol. The van der Waals surface area contributed by atoms with E-state index in [4.69, 9.17) is 27.9 Å². The summed E-state index contributed by atoms with van der Waals surface area (Å²) in [5.41, 5.74) is 2.05. The van der Waals surface area contributed by atoms with Crippen molar-refractivity contribution in [3.8, 4) is 17.0 Å². The summed E-state index contributed by atoms with van der Waals surface area (Å²) in [6, 6.07) is 12.4. The van der Waals surface area contributed by atoms with Crippen LogP contribution in [0, 0.1) is 0 Å². The first-order valence-electron chi connectivity index (χ1n) is 7.52. The third kappa shape index (κ3) is 4.12. The molecule has 0 aliphatic carbocycles. The summed E-state index contributed by atoms with van der Waals surface area (Å²) < 4.78 is 5.63. The van der Waals surface area contributed by atoms with Crippen LogP contribution in [0.25, 0.3) is 11.3 Å². The summed E-state index contributed by atoms with van der Waals surface area (Å²) in [7, 11) is 0. The predicted molar refractivity (Wildman–Crippen MR) is 103 cm³/mol. The van der Waals surface area contributed by atoms with Crippen LogP contribution in [-0.2, 0) is 0 Å². The van der Waals surface area contributed by atoms with Gasteiger partial charge in [-0.15, -0.1) is 11.3 Å². The van der Waals surface area contributed by atoms with E-state index >= 15 is 0 Å². The van der Waals surface area contributed by atoms with Gasteiger partial charge in [-0.25, -0.2) is 4.98 Å². The Bertz CT molecular complexity index is 912. The maximum Gasteiger partial charge on any atom is 0.257 e. The first-order valence-corrected chi connectivity index (χ1v) is 9.16. The zero-order valence-corrected chi connectivity index (χ0v) is 15.6. The number of nitrogens with zero attached hydrogens (tertiary/aromatic N) is 1. The Kier molecular flexibility index (Phi) is 5.58. The van der Waals surface area contributed by atoms with Crippen molar-refractivity contribution < 1.29 is 9.53 Å². The van der Waals surface area contributed by atoms with Gasteiger partial charge in [0.1, 0.15) is 5.75 Å². The smallest absolute Gasteiger partial charge is 0.257 e. The molecule has 25 heavy (non-hydrogen) atoms. The van der Waals surface area contributed by atoms with Crippen LogP contribution >= 0.6 is 34.5 Å². The molecule has 0 atom stereocenters. The molecular weight excluding hydrogens is 379 g/mol. The first kappa shape index (κ1) is 17.7. The Morgan fingerprint density at radius 2 is 2.00 bits per heavy atom. The minimum Gasteiger partial charge on any atom is -0.493 e. The lowest BCUT2D eigenvalue weighted by Crippen LogP contribution is -2.11. The van der Waals surface area contributed by atoms with E-state index in [1.54, 1.807) is 12.1 Å². The number of anilines is 1. The molecule has 0 saturated heterocycles. The molecule has 0 unspecified atom stereocenters. The van der Waals surface area contributed by atoms with Crippen LogP contribution in [0.4, 0.5) is 5.13 Å². The molecule has 0 saturated carbocycles. The van der Waals surface area contributed by atoms with E-state index in [-0.39, 0.29) is 5.91 Å². The van der Waals surface area contributed by atoms with Gasteiger partial charge in [0.2, 0.25) is 0 Å². The number of rotatable bonds is 5. The second-order valence-electron chi connectivity index (χ2n) is 5.05. The number of para-hydroxylation sites is 1. The fraction of sp³-hybridized carbons (Fsp3) is 0.111. The van der Waals surface area contributed by atoms with E-state index in [9.17, 15) is 4.79 Å². The molecule has 0 fully saturated rings. The molecule has 1 aromatic heterocycles. The molecule has 0 spiro atoms. The van der Waals surface area contributed by atoms with Crippen LogP contribution in [0.2, 0.25) is 10.0 Å². The molecular formula is C18H14Cl2N2O2S. The van der Waals surface area contributed by atoms with Crippen molar-refractivity contribution in [3.05, 3.63) is 63.5 Å². The highest BCUT2D eigenvalue weighted by Crippen LogP contribution is 2.32. The summed E-state index contributed by atoms with van der Waals surface area (Å²) in [4.78, 5) is 16.8. The molecule has 3 rings (SSSR count). The van der Waals surface area contributed by atoms with E-state index in [1.807, 2.05) is 36.6 Å². The normalized spacial score (nSPS) is 10.5. The average Bonchev–Trinajstić information content (AvgIpc) is 3.06. The molecule has 4 nitrogen and oxygen atoms in total. The molecule has 1 heterocycles. The zero-order chi connectivity index (χ0) is 17.8. The van der Waals surface area contributed by atoms with Crippen LogP contribution in [0.15, 0.2) is 47.8 Å². The van der Waals surface area contributed by atoms with Crippen molar-refractivity contribution in [1.29, 1.82) is 0 Å². The molecule has 1 amide bonds. The molecule has 0 radical (unpaired) electrons. The largest absolute Gasteiger partial charge is 0.493 e. The fourth-order valence-corrected chi connectivity index (χ4v) is 3.22. The van der Waals surface area contributed by atoms with E-state index in [2.05, 4.69) is 10.3 Å². The van der Waals surface area contributed by atoms with Gasteiger partial charge in [0.25, 0.3) is 5.91 Å². The number of amides is 1. The number of thiazole rings is 1. The maximum absolute atomic E-state index is 12.3. The number of ether oxygens (including phenoxy) is 1. The Morgan fingerprint density at radius 3 is 2.76 bits per heavy atom. The summed E-state index contributed by atoms with van der Waals surface area (Å²) in [6.45, 7) is 2.50. The number of halogens is 2. The molecule has 128 valence electrons. The molecule has 0 aliphatic heterocycles. The first-order chi connectivity index (χ1) is 12.1. The third-order valence-electron chi connectivity index (χ3n) is 3.37. The molecule has 2 aromatic carbocycles. The van der Waals surface area contributed by atoms with Crippen LogP contribution in [0.1, 0.15) is 17.3 Å². The van der Waals surface area contributed by atoms with E-state index in [0.717, 1.165) is 17.0 Å². The van der Waals surface area contributed by atoms with Crippen LogP contribution < -0.4 is 10.1 Å². The number of benzene rings is 2. The van der Waals surface area contributed by atoms with Crippen molar-refractivity contribution in [2.24, 2.45) is 0 Å². The third-order valence-corrected chi connectivity index (χ3v) is 4.87. The topological polar surface area (TPSA) is 51.2 Å². The van der Waals surface area contributed by atoms with Gasteiger partial charge in [-0.1, -0.05) is 35.3 Å². The summed E-state index contributed by atoms with van der Waals surface area (Å²) >= 11 is 13.2. The minimum atomic E-state index is -0.294. The lowest BCUT2D eigenvalue weighted by Gasteiger charge is -2.07. The lowest BCUT2D eigenvalue weighted by molar-refractivity contribution is 0.102. The number of carbonyl (C=O) groups excluding carboxylic acids is 1. The molecule has 3 aromatic rings. The van der Waals surface area contributed by atoms with Gasteiger partial charge in [-0.05, 0) is 37.3 Å². The van der Waals surface area contributed by atoms with Crippen LogP contribution in [-0.4, -0.2) is 17.5 Å². The second-order valence-corrected chi connectivity index (χ2v) is 6.72. The highest BCUT2D eigenvalue weighted by atomic mass is 35.5. The van der Waals surface area contributed by atoms with Crippen LogP contribution in [0.5, 0.6) is 5.75 Å². The van der Waals surface area contributed by atoms with E-state index < -0.39 is 0 Å². The van der Waals surface area contributed by atoms with Gasteiger partial charge in [0, 0.05) is 16.5 Å². The van der Waals surface area contributed by atoms with Gasteiger partial charge in [0.15, 0.2) is 5.13 Å². The highest BCUT2D eigenvalue weighted by molar-refractivity contribution is 7.14. The van der Waals surface area contributed by atoms with Crippen LogP contribution in [0.3, 0.4) is 0 Å². The molecule has 7 heteroatoms. The molecule has 0 aliphatic rings. The van der Waals surface area contributed by atoms with Crippen molar-refractivity contribution >= 4 is 45.6 Å². The Morgan fingerprint density at radius 1 is 1.20 bits per heavy atom. The number of carbonyl (C=O) groups is 1. The Balaban J connectivity index is 1.80. The SMILES string of the molecule is CCOc1ccccc1-c1csc(NC(=O)c2ccc(Cl)c(Cl)c2)n1. The van der Waals surface area contributed by atoms with Gasteiger partial charge in [-0.2, -0.15) is 0 Å². The van der Waals surface area contributed by atoms with Gasteiger partial charge in [0.05, 0.1) is 22.3 Å². The van der Waals surface area contributed by atoms with Crippen molar-refractivity contribution in [1.82, 2.24) is 4.98 Å². The number of hydrogen-bond acceptors (Lipinski definition) is 4. The Labute approximate surface area is 159 Å². The number of hydrogen-bond donors (Lipinski definition) is 1. The highest BCUT2D eigenvalue weighted by Gasteiger charge is 2.13. The monoisotopic (exact) mass is 392 g/mol. The van der Waals surface area contributed by atoms with Crippen molar-refractivity contribution in [2.75, 3.05) is 11.9 Å². The fourth-order valence-electron chi connectivity index (χ4n) is 2.22. The minimum absolute atomic E-state index is 0.294. The number of nitrogens with one attached hydrogen (secondary N) is 1. The van der Waals surface area contributed by atoms with Gasteiger partial charge < -0.3 is 4.74 Å². The van der Waals surface area contributed by atoms with Gasteiger partial charge in [-0.3, -0.25) is 10.1 Å². The summed E-state index contributed by atoms with van der Waals surface area (Å²) in [5, 5.41) is 5.89. The van der Waals surface area contributed by atoms with Crippen molar-refractivity contribution in [3.63, 3.8) is 0 Å².